The lowest BCUT2D eigenvalue weighted by Crippen LogP contribution is -2.41. The predicted molar refractivity (Wildman–Crippen MR) is 352 cm³/mol. The molecular weight excluding hydrogens is 1040 g/mol. The van der Waals surface area contributed by atoms with Gasteiger partial charge in [0.15, 0.2) is 16.6 Å². The molecule has 0 N–H and O–H groups in total. The minimum absolute atomic E-state index is 0.0242. The molecule has 82 heavy (non-hydrogen) atoms. The van der Waals surface area contributed by atoms with E-state index in [-0.39, 0.29) is 46.5 Å². The van der Waals surface area contributed by atoms with Gasteiger partial charge in [-0.3, -0.25) is 0 Å². The molecule has 0 radical (unpaired) electrons. The molecule has 0 spiro atoms. The molecule has 0 bridgehead atoms. The van der Waals surface area contributed by atoms with E-state index in [9.17, 15) is 0 Å². The molecule has 1 saturated heterocycles. The van der Waals surface area contributed by atoms with Gasteiger partial charge in [-0.2, -0.15) is 9.59 Å². The molecule has 5 aromatic carbocycles. The summed E-state index contributed by atoms with van der Waals surface area (Å²) in [6.07, 6.45) is 9.07. The maximum Gasteiger partial charge on any atom is 0.495 e. The Labute approximate surface area is 501 Å². The van der Waals surface area contributed by atoms with Crippen molar-refractivity contribution < 1.29 is 27.7 Å². The number of hydrogen-bond acceptors (Lipinski definition) is 6. The quantitative estimate of drug-likeness (QED) is 0.0606. The Morgan fingerprint density at radius 1 is 0.463 bits per heavy atom. The van der Waals surface area contributed by atoms with Gasteiger partial charge in [-0.25, -0.2) is 0 Å². The zero-order valence-electron chi connectivity index (χ0n) is 55.1. The summed E-state index contributed by atoms with van der Waals surface area (Å²) in [4.78, 5) is 16.2. The monoisotopic (exact) mass is 1140 g/mol. The van der Waals surface area contributed by atoms with Crippen molar-refractivity contribution in [2.24, 2.45) is 0 Å². The van der Waals surface area contributed by atoms with Crippen LogP contribution in [0.25, 0.3) is 11.1 Å². The number of benzene rings is 5. The first-order valence-electron chi connectivity index (χ1n) is 30.7. The van der Waals surface area contributed by atoms with Gasteiger partial charge >= 0.3 is 13.3 Å². The largest absolute Gasteiger partial charge is 0.495 e. The van der Waals surface area contributed by atoms with Crippen LogP contribution in [-0.4, -0.2) is 52.3 Å². The summed E-state index contributed by atoms with van der Waals surface area (Å²) in [5.41, 5.74) is 16.2. The smallest absolute Gasteiger partial charge is 0.402 e. The molecule has 0 aromatic heterocycles. The first kappa shape index (κ1) is 69.4. The van der Waals surface area contributed by atoms with Crippen LogP contribution in [0, 0.1) is 51.4 Å². The molecule has 0 amide bonds. The highest BCUT2D eigenvalue weighted by Crippen LogP contribution is 2.43. The predicted octanol–water partition coefficient (Wildman–Crippen LogP) is 18.3. The number of carbonyl (C=O) groups excluding carboxylic acids is 2. The zero-order chi connectivity index (χ0) is 61.7. The lowest BCUT2D eigenvalue weighted by molar-refractivity contribution is -0.191. The first-order chi connectivity index (χ1) is 38.4. The highest BCUT2D eigenvalue weighted by atomic mass is 28.4. The zero-order valence-corrected chi connectivity index (χ0v) is 57.1. The van der Waals surface area contributed by atoms with Crippen LogP contribution < -0.4 is 5.46 Å². The fraction of sp³-hybridized carbons (Fsp3) is 0.521. The lowest BCUT2D eigenvalue weighted by atomic mass is 9.68. The normalized spacial score (nSPS) is 14.3. The third-order valence-electron chi connectivity index (χ3n) is 17.9. The van der Waals surface area contributed by atoms with Crippen molar-refractivity contribution in [1.29, 1.82) is 0 Å². The van der Waals surface area contributed by atoms with Crippen molar-refractivity contribution in [3.8, 4) is 34.8 Å². The van der Waals surface area contributed by atoms with Crippen LogP contribution in [0.4, 0.5) is 0 Å². The molecule has 9 heteroatoms. The molecule has 0 unspecified atom stereocenters. The van der Waals surface area contributed by atoms with E-state index in [1.54, 1.807) is 0 Å². The fourth-order valence-corrected chi connectivity index (χ4v) is 14.8. The van der Waals surface area contributed by atoms with E-state index in [2.05, 4.69) is 278 Å². The lowest BCUT2D eigenvalue weighted by Gasteiger charge is -2.34. The van der Waals surface area contributed by atoms with Crippen LogP contribution in [0.5, 0.6) is 0 Å². The number of rotatable bonds is 19. The van der Waals surface area contributed by atoms with Crippen LogP contribution in [0.15, 0.2) is 97.1 Å². The van der Waals surface area contributed by atoms with E-state index in [1.165, 1.54) is 61.2 Å². The van der Waals surface area contributed by atoms with Crippen molar-refractivity contribution in [3.05, 3.63) is 158 Å². The van der Waals surface area contributed by atoms with E-state index in [1.807, 2.05) is 0 Å². The highest BCUT2D eigenvalue weighted by molar-refractivity contribution is 6.70. The van der Waals surface area contributed by atoms with Gasteiger partial charge < -0.3 is 18.2 Å². The molecule has 442 valence electrons. The minimum atomic E-state index is -1.72. The molecule has 1 heterocycles. The van der Waals surface area contributed by atoms with Gasteiger partial charge in [-0.05, 0) is 226 Å². The molecule has 0 aliphatic carbocycles. The van der Waals surface area contributed by atoms with Gasteiger partial charge in [-0.15, -0.1) is 0 Å². The molecule has 0 saturated carbocycles. The summed E-state index contributed by atoms with van der Waals surface area (Å²) < 4.78 is 25.9. The summed E-state index contributed by atoms with van der Waals surface area (Å²) in [7, 11) is -3.77. The summed E-state index contributed by atoms with van der Waals surface area (Å²) in [5.74, 6) is 14.2. The van der Waals surface area contributed by atoms with Crippen molar-refractivity contribution in [2.45, 2.75) is 248 Å². The Morgan fingerprint density at radius 2 is 0.805 bits per heavy atom. The molecule has 0 atom stereocenters. The van der Waals surface area contributed by atoms with E-state index in [4.69, 9.17) is 27.7 Å². The first-order valence-corrected chi connectivity index (χ1v) is 37.5. The van der Waals surface area contributed by atoms with Crippen molar-refractivity contribution >= 4 is 35.4 Å². The second-order valence-corrected chi connectivity index (χ2v) is 34.7. The molecule has 6 nitrogen and oxygen atoms in total. The third kappa shape index (κ3) is 16.4. The summed E-state index contributed by atoms with van der Waals surface area (Å²) >= 11 is 0. The second kappa shape index (κ2) is 28.7. The average molecular weight is 1140 g/mol. The van der Waals surface area contributed by atoms with Gasteiger partial charge in [0.2, 0.25) is 0 Å². The average Bonchev–Trinajstić information content (AvgIpc) is 3.72. The summed E-state index contributed by atoms with van der Waals surface area (Å²) in [6, 6.07) is 36.8. The van der Waals surface area contributed by atoms with Gasteiger partial charge in [0.05, 0.1) is 11.2 Å². The Hall–Kier alpha value is -5.06. The van der Waals surface area contributed by atoms with Gasteiger partial charge in [-0.1, -0.05) is 176 Å². The van der Waals surface area contributed by atoms with Crippen LogP contribution >= 0.6 is 0 Å². The van der Waals surface area contributed by atoms with Crippen molar-refractivity contribution in [1.82, 2.24) is 0 Å². The molecule has 5 aromatic rings. The SMILES string of the molecule is CCC(C#Cc1ccc(C(CC)(CC)c2ccc(B3OC(C)(C)C(C)(C)O3)c(C)c2)cc1C)(CC)O[Si](C)(C)C.CCc1ccc(-c2ccc(C(CC)(CC)c3ccc(C#CC(CC)(CC)O[Si](C)(C)C)c(C)c3)cc2C)cc1.O=C=O. The Bertz CT molecular complexity index is 3060. The van der Waals surface area contributed by atoms with Gasteiger partial charge in [0, 0.05) is 22.0 Å². The van der Waals surface area contributed by atoms with Crippen LogP contribution in [0.2, 0.25) is 39.3 Å². The van der Waals surface area contributed by atoms with Crippen LogP contribution in [-0.2, 0) is 45.0 Å². The second-order valence-electron chi connectivity index (χ2n) is 25.8. The molecule has 1 aliphatic rings. The topological polar surface area (TPSA) is 71.1 Å². The van der Waals surface area contributed by atoms with Crippen LogP contribution in [0.1, 0.15) is 203 Å². The van der Waals surface area contributed by atoms with Gasteiger partial charge in [0.1, 0.15) is 11.2 Å². The van der Waals surface area contributed by atoms with Crippen molar-refractivity contribution in [3.63, 3.8) is 0 Å². The standard InChI is InChI=1S/C37H50OSi.C35H53BO3Si.CO2/c1-11-30-16-18-32(19-17-30)35-23-22-34(27-29(35)7)37(14-4,15-5)33-21-20-31(28(6)26-33)24-25-36(12-2,13-3)38-39(8,9)10;1-14-34(15-2,39-40(11,12)13)23-22-28-18-19-29(24-26(28)5)35(16-3,17-4)30-20-21-31(27(6)25-30)36-37-32(7,8)33(9,10)38-36;2-1-3/h16-23,26-27H,11-15H2,1-10H3;18-21,24-25H,14-17H2,1-13H3;. The molecule has 1 fully saturated rings. The van der Waals surface area contributed by atoms with Crippen molar-refractivity contribution in [2.75, 3.05) is 0 Å². The third-order valence-corrected chi connectivity index (χ3v) is 19.9. The maximum atomic E-state index is 8.12. The van der Waals surface area contributed by atoms with Gasteiger partial charge in [0.25, 0.3) is 0 Å². The minimum Gasteiger partial charge on any atom is -0.402 e. The molecule has 6 rings (SSSR count). The Morgan fingerprint density at radius 3 is 1.11 bits per heavy atom. The van der Waals surface area contributed by atoms with E-state index < -0.39 is 16.6 Å². The summed E-state index contributed by atoms with van der Waals surface area (Å²) in [5, 5.41) is 0. The number of hydrogen-bond donors (Lipinski definition) is 0. The fourth-order valence-electron chi connectivity index (χ4n) is 11.8. The van der Waals surface area contributed by atoms with Crippen LogP contribution in [0.3, 0.4) is 0 Å². The number of aryl methyl sites for hydroxylation is 5. The Kier molecular flexibility index (Phi) is 24.3. The van der Waals surface area contributed by atoms with E-state index in [0.29, 0.717) is 0 Å². The highest BCUT2D eigenvalue weighted by Gasteiger charge is 2.52. The van der Waals surface area contributed by atoms with E-state index in [0.717, 1.165) is 74.4 Å². The molecule has 1 aliphatic heterocycles. The van der Waals surface area contributed by atoms with E-state index >= 15 is 0 Å². The molecular formula is C73H103BO6Si2. The maximum absolute atomic E-state index is 8.12. The summed E-state index contributed by atoms with van der Waals surface area (Å²) in [6.45, 7) is 50.9. The Balaban J connectivity index is 0.000000336.